The summed E-state index contributed by atoms with van der Waals surface area (Å²) in [6.07, 6.45) is -5.00. The first kappa shape index (κ1) is 14.0. The fraction of sp³-hybridized carbons (Fsp3) is 0.462. The molecule has 1 unspecified atom stereocenters. The fourth-order valence-corrected chi connectivity index (χ4v) is 1.94. The number of alkyl halides is 3. The summed E-state index contributed by atoms with van der Waals surface area (Å²) in [5, 5.41) is 3.01. The van der Waals surface area contributed by atoms with E-state index in [1.807, 2.05) is 0 Å². The van der Waals surface area contributed by atoms with E-state index in [1.54, 1.807) is 0 Å². The average Bonchev–Trinajstić information content (AvgIpc) is 2.39. The van der Waals surface area contributed by atoms with Crippen molar-refractivity contribution in [2.24, 2.45) is 0 Å². The molecule has 0 radical (unpaired) electrons. The molecule has 0 bridgehead atoms. The van der Waals surface area contributed by atoms with E-state index in [0.717, 1.165) is 12.1 Å². The summed E-state index contributed by atoms with van der Waals surface area (Å²) in [6, 6.07) is 4.83. The summed E-state index contributed by atoms with van der Waals surface area (Å²) in [7, 11) is 0. The zero-order valence-electron chi connectivity index (χ0n) is 10.2. The third-order valence-corrected chi connectivity index (χ3v) is 2.92. The van der Waals surface area contributed by atoms with E-state index < -0.39 is 17.8 Å². The average molecular weight is 273 g/mol. The van der Waals surface area contributed by atoms with Crippen molar-refractivity contribution in [1.82, 2.24) is 5.32 Å². The molecule has 6 heteroatoms. The minimum absolute atomic E-state index is 0.0454. The van der Waals surface area contributed by atoms with E-state index in [-0.39, 0.29) is 12.2 Å². The Morgan fingerprint density at radius 2 is 2.21 bits per heavy atom. The molecule has 1 aliphatic rings. The number of carbonyl (C=O) groups excluding carboxylic acids is 1. The zero-order chi connectivity index (χ0) is 13.9. The van der Waals surface area contributed by atoms with Crippen LogP contribution in [-0.4, -0.2) is 31.6 Å². The second kappa shape index (κ2) is 5.71. The lowest BCUT2D eigenvalue weighted by molar-refractivity contribution is -0.138. The smallest absolute Gasteiger partial charge is 0.368 e. The Kier molecular flexibility index (Phi) is 4.21. The van der Waals surface area contributed by atoms with Gasteiger partial charge in [-0.15, -0.1) is 0 Å². The molecule has 0 aromatic heterocycles. The van der Waals surface area contributed by atoms with Crippen molar-refractivity contribution in [2.45, 2.75) is 18.7 Å². The van der Waals surface area contributed by atoms with Crippen LogP contribution in [0.2, 0.25) is 0 Å². The molecule has 1 N–H and O–H groups in total. The lowest BCUT2D eigenvalue weighted by atomic mass is 10.0. The Hall–Kier alpha value is -1.40. The summed E-state index contributed by atoms with van der Waals surface area (Å²) in [5.41, 5.74) is -0.380. The van der Waals surface area contributed by atoms with Crippen molar-refractivity contribution in [3.8, 4) is 0 Å². The molecule has 0 aliphatic carbocycles. The van der Waals surface area contributed by atoms with Gasteiger partial charge in [0.1, 0.15) is 6.10 Å². The normalized spacial score (nSPS) is 20.3. The molecule has 1 aromatic rings. The molecule has 1 atom stereocenters. The summed E-state index contributed by atoms with van der Waals surface area (Å²) in [5.74, 6) is -0.202. The number of nitrogens with one attached hydrogen (secondary N) is 1. The molecular weight excluding hydrogens is 259 g/mol. The third-order valence-electron chi connectivity index (χ3n) is 2.92. The van der Waals surface area contributed by atoms with Crippen molar-refractivity contribution < 1.29 is 22.7 Å². The van der Waals surface area contributed by atoms with Gasteiger partial charge in [-0.1, -0.05) is 18.2 Å². The Balaban J connectivity index is 2.04. The van der Waals surface area contributed by atoms with Gasteiger partial charge in [-0.25, -0.2) is 0 Å². The van der Waals surface area contributed by atoms with Crippen LogP contribution in [0.1, 0.15) is 11.1 Å². The number of halogens is 3. The maximum Gasteiger partial charge on any atom is 0.416 e. The van der Waals surface area contributed by atoms with Gasteiger partial charge in [0, 0.05) is 19.5 Å². The highest BCUT2D eigenvalue weighted by Crippen LogP contribution is 2.29. The van der Waals surface area contributed by atoms with E-state index in [9.17, 15) is 18.0 Å². The molecular formula is C13H14F3NO2. The number of rotatable bonds is 3. The van der Waals surface area contributed by atoms with Gasteiger partial charge in [-0.05, 0) is 11.6 Å². The monoisotopic (exact) mass is 273 g/mol. The van der Waals surface area contributed by atoms with Crippen LogP contribution in [0.5, 0.6) is 0 Å². The largest absolute Gasteiger partial charge is 0.416 e. The van der Waals surface area contributed by atoms with Gasteiger partial charge in [0.05, 0.1) is 12.2 Å². The summed E-state index contributed by atoms with van der Waals surface area (Å²) < 4.78 is 42.9. The molecule has 1 aromatic carbocycles. The van der Waals surface area contributed by atoms with Crippen LogP contribution in [0.3, 0.4) is 0 Å². The van der Waals surface area contributed by atoms with E-state index >= 15 is 0 Å². The number of hydrogen-bond acceptors (Lipinski definition) is 3. The molecule has 0 spiro atoms. The highest BCUT2D eigenvalue weighted by Gasteiger charge is 2.30. The number of benzene rings is 1. The Morgan fingerprint density at radius 3 is 2.84 bits per heavy atom. The predicted molar refractivity (Wildman–Crippen MR) is 62.8 cm³/mol. The molecule has 19 heavy (non-hydrogen) atoms. The van der Waals surface area contributed by atoms with Gasteiger partial charge in [0.2, 0.25) is 0 Å². The van der Waals surface area contributed by atoms with Gasteiger partial charge in [-0.2, -0.15) is 13.2 Å². The first-order valence-corrected chi connectivity index (χ1v) is 5.98. The molecule has 1 aliphatic heterocycles. The quantitative estimate of drug-likeness (QED) is 0.912. The van der Waals surface area contributed by atoms with Crippen molar-refractivity contribution in [3.63, 3.8) is 0 Å². The summed E-state index contributed by atoms with van der Waals surface area (Å²) in [6.45, 7) is 1.55. The van der Waals surface area contributed by atoms with E-state index in [0.29, 0.717) is 25.3 Å². The van der Waals surface area contributed by atoms with Gasteiger partial charge < -0.3 is 10.1 Å². The van der Waals surface area contributed by atoms with Gasteiger partial charge in [0.15, 0.2) is 5.78 Å². The minimum atomic E-state index is -4.39. The van der Waals surface area contributed by atoms with E-state index in [2.05, 4.69) is 5.32 Å². The van der Waals surface area contributed by atoms with Crippen LogP contribution in [-0.2, 0) is 22.1 Å². The highest BCUT2D eigenvalue weighted by molar-refractivity contribution is 5.85. The molecule has 0 saturated carbocycles. The van der Waals surface area contributed by atoms with Crippen LogP contribution in [0, 0.1) is 0 Å². The number of morpholine rings is 1. The van der Waals surface area contributed by atoms with Crippen molar-refractivity contribution in [2.75, 3.05) is 19.7 Å². The summed E-state index contributed by atoms with van der Waals surface area (Å²) >= 11 is 0. The number of ketones is 1. The van der Waals surface area contributed by atoms with Crippen molar-refractivity contribution in [3.05, 3.63) is 35.4 Å². The number of Topliss-reactive ketones (excluding diaryl/α,β-unsaturated/α-hetero) is 1. The van der Waals surface area contributed by atoms with Gasteiger partial charge in [-0.3, -0.25) is 4.79 Å². The van der Waals surface area contributed by atoms with Crippen LogP contribution in [0.25, 0.3) is 0 Å². The molecule has 0 amide bonds. The number of ether oxygens (including phenoxy) is 1. The van der Waals surface area contributed by atoms with Crippen LogP contribution < -0.4 is 5.32 Å². The highest BCUT2D eigenvalue weighted by atomic mass is 19.4. The number of carbonyl (C=O) groups is 1. The Labute approximate surface area is 108 Å². The van der Waals surface area contributed by atoms with E-state index in [1.165, 1.54) is 12.1 Å². The van der Waals surface area contributed by atoms with Gasteiger partial charge >= 0.3 is 6.18 Å². The first-order chi connectivity index (χ1) is 8.97. The SMILES string of the molecule is O=C(Cc1cccc(C(F)(F)F)c1)C1CNCCO1. The topological polar surface area (TPSA) is 38.3 Å². The van der Waals surface area contributed by atoms with E-state index in [4.69, 9.17) is 4.74 Å². The second-order valence-electron chi connectivity index (χ2n) is 4.40. The Bertz CT molecular complexity index is 453. The second-order valence-corrected chi connectivity index (χ2v) is 4.40. The van der Waals surface area contributed by atoms with Gasteiger partial charge in [0.25, 0.3) is 0 Å². The minimum Gasteiger partial charge on any atom is -0.368 e. The van der Waals surface area contributed by atoms with Crippen LogP contribution in [0.4, 0.5) is 13.2 Å². The molecule has 1 saturated heterocycles. The third kappa shape index (κ3) is 3.78. The molecule has 2 rings (SSSR count). The maximum atomic E-state index is 12.5. The number of hydrogen-bond donors (Lipinski definition) is 1. The molecule has 1 fully saturated rings. The predicted octanol–water partition coefficient (Wildman–Crippen LogP) is 1.81. The maximum absolute atomic E-state index is 12.5. The Morgan fingerprint density at radius 1 is 1.42 bits per heavy atom. The molecule has 3 nitrogen and oxygen atoms in total. The standard InChI is InChI=1S/C13H14F3NO2/c14-13(15,16)10-3-1-2-9(6-10)7-11(18)12-8-17-4-5-19-12/h1-3,6,12,17H,4-5,7-8H2. The molecule has 1 heterocycles. The van der Waals surface area contributed by atoms with Crippen molar-refractivity contribution in [1.29, 1.82) is 0 Å². The summed E-state index contributed by atoms with van der Waals surface area (Å²) in [4.78, 5) is 11.9. The first-order valence-electron chi connectivity index (χ1n) is 5.98. The molecule has 104 valence electrons. The lowest BCUT2D eigenvalue weighted by Crippen LogP contribution is -2.43. The fourth-order valence-electron chi connectivity index (χ4n) is 1.94. The van der Waals surface area contributed by atoms with Crippen LogP contribution in [0.15, 0.2) is 24.3 Å². The van der Waals surface area contributed by atoms with Crippen LogP contribution >= 0.6 is 0 Å². The van der Waals surface area contributed by atoms with Crippen molar-refractivity contribution >= 4 is 5.78 Å². The lowest BCUT2D eigenvalue weighted by Gasteiger charge is -2.22. The zero-order valence-corrected chi connectivity index (χ0v) is 10.2.